The molecule has 2 nitrogen and oxygen atoms in total. The predicted octanol–water partition coefficient (Wildman–Crippen LogP) is 16.4. The Morgan fingerprint density at radius 3 is 1.40 bits per heavy atom. The van der Waals surface area contributed by atoms with E-state index in [9.17, 15) is 0 Å². The van der Waals surface area contributed by atoms with Crippen molar-refractivity contribution in [1.29, 1.82) is 0 Å². The van der Waals surface area contributed by atoms with Crippen LogP contribution in [0.3, 0.4) is 0 Å². The molecule has 0 N–H and O–H groups in total. The Labute approximate surface area is 367 Å². The molecule has 0 aliphatic heterocycles. The second kappa shape index (κ2) is 15.1. The van der Waals surface area contributed by atoms with E-state index in [1.807, 2.05) is 12.1 Å². The molecule has 11 aromatic rings. The molecule has 0 spiro atoms. The van der Waals surface area contributed by atoms with Gasteiger partial charge < -0.3 is 9.32 Å². The Kier molecular flexibility index (Phi) is 8.76. The highest BCUT2D eigenvalue weighted by molar-refractivity contribution is 6.09. The number of nitrogens with zero attached hydrogens (tertiary/aromatic N) is 1. The second-order valence-electron chi connectivity index (χ2n) is 16.4. The molecule has 10 aromatic carbocycles. The van der Waals surface area contributed by atoms with Crippen molar-refractivity contribution in [3.63, 3.8) is 0 Å². The van der Waals surface area contributed by atoms with Crippen LogP contribution in [-0.4, -0.2) is 0 Å². The van der Waals surface area contributed by atoms with Crippen LogP contribution in [-0.2, 0) is 5.41 Å². The number of hydrogen-bond donors (Lipinski definition) is 0. The van der Waals surface area contributed by atoms with Gasteiger partial charge in [0.1, 0.15) is 11.2 Å². The van der Waals surface area contributed by atoms with E-state index >= 15 is 0 Å². The summed E-state index contributed by atoms with van der Waals surface area (Å²) in [5.41, 5.74) is 19.0. The van der Waals surface area contributed by atoms with Crippen molar-refractivity contribution in [2.24, 2.45) is 0 Å². The van der Waals surface area contributed by atoms with Crippen LogP contribution in [0.4, 0.5) is 17.1 Å². The zero-order valence-electron chi connectivity index (χ0n) is 34.5. The van der Waals surface area contributed by atoms with Crippen LogP contribution in [0.25, 0.3) is 66.4 Å². The minimum absolute atomic E-state index is 0.481. The maximum atomic E-state index is 6.49. The maximum absolute atomic E-state index is 6.49. The van der Waals surface area contributed by atoms with Crippen LogP contribution < -0.4 is 4.90 Å². The third-order valence-electron chi connectivity index (χ3n) is 12.9. The minimum Gasteiger partial charge on any atom is -0.455 e. The van der Waals surface area contributed by atoms with Gasteiger partial charge in [0.25, 0.3) is 0 Å². The number of hydrogen-bond acceptors (Lipinski definition) is 2. The molecule has 1 aromatic heterocycles. The van der Waals surface area contributed by atoms with Crippen molar-refractivity contribution < 1.29 is 4.42 Å². The molecule has 0 saturated heterocycles. The van der Waals surface area contributed by atoms with Gasteiger partial charge in [-0.05, 0) is 110 Å². The molecular weight excluding hydrogens is 763 g/mol. The van der Waals surface area contributed by atoms with Gasteiger partial charge in [0.15, 0.2) is 0 Å². The summed E-state index contributed by atoms with van der Waals surface area (Å²) in [6, 6.07) is 90.2. The van der Waals surface area contributed by atoms with Crippen molar-refractivity contribution in [3.05, 3.63) is 271 Å². The van der Waals surface area contributed by atoms with Gasteiger partial charge in [-0.15, -0.1) is 0 Å². The van der Waals surface area contributed by atoms with Crippen LogP contribution in [0.15, 0.2) is 253 Å². The molecule has 0 bridgehead atoms. The third-order valence-corrected chi connectivity index (χ3v) is 12.9. The Hall–Kier alpha value is -8.20. The fourth-order valence-corrected chi connectivity index (χ4v) is 10.1. The van der Waals surface area contributed by atoms with Gasteiger partial charge >= 0.3 is 0 Å². The van der Waals surface area contributed by atoms with E-state index in [1.54, 1.807) is 0 Å². The van der Waals surface area contributed by atoms with E-state index in [4.69, 9.17) is 4.42 Å². The summed E-state index contributed by atoms with van der Waals surface area (Å²) >= 11 is 0. The van der Waals surface area contributed by atoms with E-state index < -0.39 is 5.41 Å². The second-order valence-corrected chi connectivity index (χ2v) is 16.4. The van der Waals surface area contributed by atoms with Crippen LogP contribution in [0.5, 0.6) is 0 Å². The lowest BCUT2D eigenvalue weighted by Gasteiger charge is -2.34. The zero-order valence-corrected chi connectivity index (χ0v) is 34.5. The van der Waals surface area contributed by atoms with Crippen LogP contribution in [0.1, 0.15) is 22.3 Å². The maximum Gasteiger partial charge on any atom is 0.143 e. The minimum atomic E-state index is -0.481. The molecule has 0 radical (unpaired) electrons. The molecule has 0 saturated carbocycles. The first kappa shape index (κ1) is 36.6. The van der Waals surface area contributed by atoms with Crippen molar-refractivity contribution in [2.45, 2.75) is 5.41 Å². The molecule has 12 rings (SSSR count). The lowest BCUT2D eigenvalue weighted by molar-refractivity contribution is 0.670. The first-order chi connectivity index (χ1) is 31.2. The lowest BCUT2D eigenvalue weighted by atomic mass is 9.68. The monoisotopic (exact) mass is 803 g/mol. The fraction of sp³-hybridized carbons (Fsp3) is 0.0164. The number of anilines is 3. The van der Waals surface area contributed by atoms with Crippen molar-refractivity contribution in [2.75, 3.05) is 4.90 Å². The lowest BCUT2D eigenvalue weighted by Crippen LogP contribution is -2.28. The summed E-state index contributed by atoms with van der Waals surface area (Å²) in [6.07, 6.45) is 0. The van der Waals surface area contributed by atoms with Gasteiger partial charge in [-0.1, -0.05) is 200 Å². The largest absolute Gasteiger partial charge is 0.455 e. The Morgan fingerprint density at radius 2 is 0.778 bits per heavy atom. The average molecular weight is 804 g/mol. The van der Waals surface area contributed by atoms with Gasteiger partial charge in [-0.3, -0.25) is 0 Å². The molecule has 2 heteroatoms. The highest BCUT2D eigenvalue weighted by atomic mass is 16.3. The molecule has 1 aliphatic carbocycles. The molecule has 296 valence electrons. The molecular formula is C61H41NO. The molecule has 0 unspecified atom stereocenters. The normalized spacial score (nSPS) is 12.6. The molecule has 1 heterocycles. The molecule has 0 amide bonds. The van der Waals surface area contributed by atoms with Gasteiger partial charge in [-0.25, -0.2) is 0 Å². The smallest absolute Gasteiger partial charge is 0.143 e. The third kappa shape index (κ3) is 6.02. The molecule has 0 fully saturated rings. The van der Waals surface area contributed by atoms with E-state index in [-0.39, 0.29) is 0 Å². The van der Waals surface area contributed by atoms with Gasteiger partial charge in [0, 0.05) is 33.4 Å². The van der Waals surface area contributed by atoms with Crippen molar-refractivity contribution >= 4 is 39.0 Å². The Balaban J connectivity index is 1.05. The first-order valence-corrected chi connectivity index (χ1v) is 21.7. The SMILES string of the molecule is c1ccc(-c2cc(-c3ccccc3)cc(N(c3ccc(-c4cccc5c4oc4ccccc45)cc3)c3ccc(C4(c5ccccc5)c5ccccc5-c5ccccc54)cc3)c2)cc1. The van der Waals surface area contributed by atoms with Crippen LogP contribution >= 0.6 is 0 Å². The predicted molar refractivity (Wildman–Crippen MR) is 262 cm³/mol. The van der Waals surface area contributed by atoms with Crippen molar-refractivity contribution in [1.82, 2.24) is 0 Å². The molecule has 63 heavy (non-hydrogen) atoms. The highest BCUT2D eigenvalue weighted by Gasteiger charge is 2.45. The topological polar surface area (TPSA) is 16.4 Å². The first-order valence-electron chi connectivity index (χ1n) is 21.7. The van der Waals surface area contributed by atoms with Crippen LogP contribution in [0, 0.1) is 0 Å². The highest BCUT2D eigenvalue weighted by Crippen LogP contribution is 2.56. The summed E-state index contributed by atoms with van der Waals surface area (Å²) in [5, 5.41) is 2.26. The molecule has 1 aliphatic rings. The van der Waals surface area contributed by atoms with Crippen molar-refractivity contribution in [3.8, 4) is 44.5 Å². The summed E-state index contributed by atoms with van der Waals surface area (Å²) < 4.78 is 6.49. The number of rotatable bonds is 8. The van der Waals surface area contributed by atoms with Gasteiger partial charge in [0.05, 0.1) is 5.41 Å². The van der Waals surface area contributed by atoms with Gasteiger partial charge in [-0.2, -0.15) is 0 Å². The quantitative estimate of drug-likeness (QED) is 0.152. The number of fused-ring (bicyclic) bond motifs is 6. The Morgan fingerprint density at radius 1 is 0.302 bits per heavy atom. The van der Waals surface area contributed by atoms with E-state index in [0.29, 0.717) is 0 Å². The average Bonchev–Trinajstić information content (AvgIpc) is 3.90. The van der Waals surface area contributed by atoms with E-state index in [2.05, 4.69) is 241 Å². The fourth-order valence-electron chi connectivity index (χ4n) is 10.1. The van der Waals surface area contributed by atoms with Gasteiger partial charge in [0.2, 0.25) is 0 Å². The number of furan rings is 1. The summed E-state index contributed by atoms with van der Waals surface area (Å²) in [5.74, 6) is 0. The Bertz CT molecular complexity index is 3320. The number of para-hydroxylation sites is 2. The number of benzene rings is 10. The summed E-state index contributed by atoms with van der Waals surface area (Å²) in [4.78, 5) is 2.40. The summed E-state index contributed by atoms with van der Waals surface area (Å²) in [6.45, 7) is 0. The standard InChI is InChI=1S/C61H41NO/c1-4-17-42(18-5-1)45-39-46(43-19-6-2-7-20-43)41-51(40-45)62(49-35-31-44(32-36-49)52-26-16-27-56-55-25-12-15-30-59(55)63-60(52)56)50-37-33-48(34-38-50)61(47-21-8-3-9-22-47)57-28-13-10-23-53(57)54-24-11-14-29-58(54)61/h1-41H. The van der Waals surface area contributed by atoms with Crippen LogP contribution in [0.2, 0.25) is 0 Å². The van der Waals surface area contributed by atoms with E-state index in [0.717, 1.165) is 61.3 Å². The van der Waals surface area contributed by atoms with E-state index in [1.165, 1.54) is 44.5 Å². The molecule has 0 atom stereocenters. The summed E-state index contributed by atoms with van der Waals surface area (Å²) in [7, 11) is 0. The zero-order chi connectivity index (χ0) is 41.7.